The Morgan fingerprint density at radius 1 is 1.29 bits per heavy atom. The van der Waals surface area contributed by atoms with Crippen LogP contribution in [0.1, 0.15) is 43.6 Å². The topological polar surface area (TPSA) is 47.8 Å². The largest absolute Gasteiger partial charge is 0.295 e. The zero-order valence-corrected chi connectivity index (χ0v) is 12.6. The molecule has 0 N–H and O–H groups in total. The molecule has 0 saturated carbocycles. The van der Waals surface area contributed by atoms with E-state index in [1.165, 1.54) is 12.5 Å². The summed E-state index contributed by atoms with van der Waals surface area (Å²) in [5, 5.41) is 8.46. The van der Waals surface area contributed by atoms with Gasteiger partial charge in [-0.15, -0.1) is 5.10 Å². The Labute approximate surface area is 125 Å². The molecule has 1 aromatic heterocycles. The number of hydrogen-bond acceptors (Lipinski definition) is 3. The molecular formula is C17H21N3O. The maximum Gasteiger partial charge on any atom is 0.152 e. The molecule has 0 fully saturated rings. The first-order chi connectivity index (χ1) is 10.2. The number of benzene rings is 1. The number of allylic oxidation sites excluding steroid dienone is 1. The number of carbonyl (C=O) groups is 1. The highest BCUT2D eigenvalue weighted by molar-refractivity contribution is 5.91. The molecule has 0 spiro atoms. The van der Waals surface area contributed by atoms with Gasteiger partial charge in [0, 0.05) is 0 Å². The first-order valence-electron chi connectivity index (χ1n) is 7.35. The third-order valence-corrected chi connectivity index (χ3v) is 3.29. The standard InChI is InChI=1S/C17H21N3O/c1-3-4-10-17-16(12-11-14(2)21)18-19-20(17)13-15-8-6-5-7-9-15/h5-9,11-12H,3-4,10,13H2,1-2H3/b12-11+. The second-order valence-corrected chi connectivity index (χ2v) is 5.11. The molecule has 110 valence electrons. The number of rotatable bonds is 7. The summed E-state index contributed by atoms with van der Waals surface area (Å²) >= 11 is 0. The van der Waals surface area contributed by atoms with Crippen molar-refractivity contribution in [2.24, 2.45) is 0 Å². The monoisotopic (exact) mass is 283 g/mol. The highest BCUT2D eigenvalue weighted by atomic mass is 16.1. The van der Waals surface area contributed by atoms with Crippen molar-refractivity contribution in [3.63, 3.8) is 0 Å². The van der Waals surface area contributed by atoms with Crippen LogP contribution in [0, 0.1) is 0 Å². The van der Waals surface area contributed by atoms with E-state index in [9.17, 15) is 4.79 Å². The van der Waals surface area contributed by atoms with Gasteiger partial charge in [-0.3, -0.25) is 4.79 Å². The smallest absolute Gasteiger partial charge is 0.152 e. The lowest BCUT2D eigenvalue weighted by molar-refractivity contribution is -0.112. The van der Waals surface area contributed by atoms with Crippen molar-refractivity contribution < 1.29 is 4.79 Å². The Hall–Kier alpha value is -2.23. The lowest BCUT2D eigenvalue weighted by atomic mass is 10.1. The zero-order valence-electron chi connectivity index (χ0n) is 12.6. The maximum atomic E-state index is 11.1. The molecule has 0 bridgehead atoms. The van der Waals surface area contributed by atoms with Crippen LogP contribution in [0.4, 0.5) is 0 Å². The van der Waals surface area contributed by atoms with Gasteiger partial charge in [-0.25, -0.2) is 4.68 Å². The van der Waals surface area contributed by atoms with Crippen molar-refractivity contribution >= 4 is 11.9 Å². The molecule has 0 unspecified atom stereocenters. The summed E-state index contributed by atoms with van der Waals surface area (Å²) in [7, 11) is 0. The van der Waals surface area contributed by atoms with Gasteiger partial charge >= 0.3 is 0 Å². The van der Waals surface area contributed by atoms with E-state index < -0.39 is 0 Å². The van der Waals surface area contributed by atoms with E-state index in [0.717, 1.165) is 30.7 Å². The van der Waals surface area contributed by atoms with E-state index in [1.807, 2.05) is 22.9 Å². The summed E-state index contributed by atoms with van der Waals surface area (Å²) in [5.41, 5.74) is 3.09. The Morgan fingerprint density at radius 3 is 2.71 bits per heavy atom. The zero-order chi connectivity index (χ0) is 15.1. The number of ketones is 1. The molecule has 0 aliphatic carbocycles. The average molecular weight is 283 g/mol. The highest BCUT2D eigenvalue weighted by Gasteiger charge is 2.10. The van der Waals surface area contributed by atoms with Crippen LogP contribution in [0.3, 0.4) is 0 Å². The summed E-state index contributed by atoms with van der Waals surface area (Å²) in [5.74, 6) is 0.0223. The molecule has 0 aliphatic rings. The Morgan fingerprint density at radius 2 is 2.05 bits per heavy atom. The lowest BCUT2D eigenvalue weighted by Crippen LogP contribution is -2.07. The normalized spacial score (nSPS) is 11.1. The fraction of sp³-hybridized carbons (Fsp3) is 0.353. The van der Waals surface area contributed by atoms with Crippen molar-refractivity contribution in [2.75, 3.05) is 0 Å². The predicted molar refractivity (Wildman–Crippen MR) is 83.9 cm³/mol. The molecule has 21 heavy (non-hydrogen) atoms. The van der Waals surface area contributed by atoms with Gasteiger partial charge in [0.15, 0.2) is 5.78 Å². The van der Waals surface area contributed by atoms with Crippen LogP contribution in [-0.4, -0.2) is 20.8 Å². The third-order valence-electron chi connectivity index (χ3n) is 3.29. The van der Waals surface area contributed by atoms with Gasteiger partial charge < -0.3 is 0 Å². The van der Waals surface area contributed by atoms with Crippen LogP contribution >= 0.6 is 0 Å². The van der Waals surface area contributed by atoms with Gasteiger partial charge in [-0.05, 0) is 37.5 Å². The Bertz CT molecular complexity index is 614. The Kier molecular flexibility index (Phi) is 5.43. The van der Waals surface area contributed by atoms with Gasteiger partial charge in [0.1, 0.15) is 5.69 Å². The molecule has 0 amide bonds. The van der Waals surface area contributed by atoms with E-state index in [-0.39, 0.29) is 5.78 Å². The van der Waals surface area contributed by atoms with E-state index in [4.69, 9.17) is 0 Å². The Balaban J connectivity index is 2.25. The molecular weight excluding hydrogens is 262 g/mol. The number of nitrogens with zero attached hydrogens (tertiary/aromatic N) is 3. The van der Waals surface area contributed by atoms with Crippen LogP contribution in [0.15, 0.2) is 36.4 Å². The fourth-order valence-electron chi connectivity index (χ4n) is 2.16. The minimum absolute atomic E-state index is 0.0223. The number of hydrogen-bond donors (Lipinski definition) is 0. The predicted octanol–water partition coefficient (Wildman–Crippen LogP) is 3.27. The van der Waals surface area contributed by atoms with Crippen molar-refractivity contribution in [1.82, 2.24) is 15.0 Å². The lowest BCUT2D eigenvalue weighted by Gasteiger charge is -2.06. The van der Waals surface area contributed by atoms with E-state index in [2.05, 4.69) is 29.4 Å². The second-order valence-electron chi connectivity index (χ2n) is 5.11. The van der Waals surface area contributed by atoms with Crippen LogP contribution < -0.4 is 0 Å². The first kappa shape index (κ1) is 15.2. The summed E-state index contributed by atoms with van der Waals surface area (Å²) in [6.07, 6.45) is 6.44. The van der Waals surface area contributed by atoms with Gasteiger partial charge in [-0.2, -0.15) is 0 Å². The fourth-order valence-corrected chi connectivity index (χ4v) is 2.16. The molecule has 0 aliphatic heterocycles. The second kappa shape index (κ2) is 7.53. The number of aromatic nitrogens is 3. The van der Waals surface area contributed by atoms with Crippen LogP contribution in [0.2, 0.25) is 0 Å². The molecule has 4 heteroatoms. The minimum atomic E-state index is 0.0223. The quantitative estimate of drug-likeness (QED) is 0.733. The number of carbonyl (C=O) groups excluding carboxylic acids is 1. The molecule has 1 heterocycles. The average Bonchev–Trinajstić information content (AvgIpc) is 2.86. The molecule has 0 atom stereocenters. The van der Waals surface area contributed by atoms with Gasteiger partial charge in [-0.1, -0.05) is 48.9 Å². The molecule has 1 aromatic carbocycles. The summed E-state index contributed by atoms with van der Waals surface area (Å²) in [4.78, 5) is 11.1. The van der Waals surface area contributed by atoms with Crippen molar-refractivity contribution in [2.45, 2.75) is 39.7 Å². The summed E-state index contributed by atoms with van der Waals surface area (Å²) < 4.78 is 1.94. The number of unbranched alkanes of at least 4 members (excludes halogenated alkanes) is 1. The van der Waals surface area contributed by atoms with Crippen LogP contribution in [0.25, 0.3) is 6.08 Å². The van der Waals surface area contributed by atoms with Crippen molar-refractivity contribution in [3.8, 4) is 0 Å². The first-order valence-corrected chi connectivity index (χ1v) is 7.35. The molecule has 4 nitrogen and oxygen atoms in total. The highest BCUT2D eigenvalue weighted by Crippen LogP contribution is 2.13. The van der Waals surface area contributed by atoms with Crippen molar-refractivity contribution in [1.29, 1.82) is 0 Å². The van der Waals surface area contributed by atoms with Gasteiger partial charge in [0.05, 0.1) is 12.2 Å². The maximum absolute atomic E-state index is 11.1. The molecule has 2 rings (SSSR count). The SMILES string of the molecule is CCCCc1c(/C=C/C(C)=O)nnn1Cc1ccccc1. The van der Waals surface area contributed by atoms with E-state index in [1.54, 1.807) is 12.2 Å². The van der Waals surface area contributed by atoms with Gasteiger partial charge in [0.25, 0.3) is 0 Å². The molecule has 2 aromatic rings. The van der Waals surface area contributed by atoms with Gasteiger partial charge in [0.2, 0.25) is 0 Å². The van der Waals surface area contributed by atoms with Crippen LogP contribution in [-0.2, 0) is 17.8 Å². The van der Waals surface area contributed by atoms with E-state index in [0.29, 0.717) is 6.54 Å². The van der Waals surface area contributed by atoms with Crippen LogP contribution in [0.5, 0.6) is 0 Å². The molecule has 0 saturated heterocycles. The summed E-state index contributed by atoms with van der Waals surface area (Å²) in [6.45, 7) is 4.41. The molecule has 0 radical (unpaired) electrons. The summed E-state index contributed by atoms with van der Waals surface area (Å²) in [6, 6.07) is 10.2. The van der Waals surface area contributed by atoms with E-state index >= 15 is 0 Å². The van der Waals surface area contributed by atoms with Crippen molar-refractivity contribution in [3.05, 3.63) is 53.4 Å². The minimum Gasteiger partial charge on any atom is -0.295 e. The third kappa shape index (κ3) is 4.38.